The summed E-state index contributed by atoms with van der Waals surface area (Å²) in [4.78, 5) is 73.4. The van der Waals surface area contributed by atoms with Crippen molar-refractivity contribution >= 4 is 35.0 Å². The van der Waals surface area contributed by atoms with E-state index in [0.717, 1.165) is 30.3 Å². The number of benzene rings is 4. The lowest BCUT2D eigenvalue weighted by molar-refractivity contribution is -0.140. The van der Waals surface area contributed by atoms with Crippen LogP contribution in [0.15, 0.2) is 91.1 Å². The molecule has 3 aliphatic heterocycles. The Kier molecular flexibility index (Phi) is 11.4. The lowest BCUT2D eigenvalue weighted by Crippen LogP contribution is -2.55. The number of amides is 4. The summed E-state index contributed by atoms with van der Waals surface area (Å²) in [7, 11) is 2.54. The van der Waals surface area contributed by atoms with E-state index >= 15 is 8.78 Å². The molecule has 6 aromatic rings. The van der Waals surface area contributed by atoms with Gasteiger partial charge in [-0.25, -0.2) is 19.6 Å². The highest BCUT2D eigenvalue weighted by atomic mass is 19.3. The second-order valence-corrected chi connectivity index (χ2v) is 18.8. The number of nitrogens with zero attached hydrogens (tertiary/aromatic N) is 4. The van der Waals surface area contributed by atoms with Gasteiger partial charge in [0.15, 0.2) is 0 Å². The number of aromatic nitrogens is 4. The zero-order chi connectivity index (χ0) is 47.6. The molecule has 356 valence electrons. The van der Waals surface area contributed by atoms with Crippen LogP contribution < -0.4 is 10.6 Å². The smallest absolute Gasteiger partial charge is 0.407 e. The maximum absolute atomic E-state index is 16.7. The highest BCUT2D eigenvalue weighted by Gasteiger charge is 2.52. The molecule has 3 saturated heterocycles. The number of likely N-dealkylation sites (tertiary alicyclic amines) is 2. The number of nitrogens with one attached hydrogen (secondary N) is 4. The molecule has 15 nitrogen and oxygen atoms in total. The third kappa shape index (κ3) is 7.85. The number of halogens is 2. The van der Waals surface area contributed by atoms with Crippen molar-refractivity contribution in [2.45, 2.75) is 81.1 Å². The number of H-pyrrole nitrogens is 2. The Hall–Kier alpha value is -7.14. The topological polar surface area (TPSA) is 184 Å². The summed E-state index contributed by atoms with van der Waals surface area (Å²) in [5, 5.41) is 5.52. The molecule has 2 aromatic heterocycles. The van der Waals surface area contributed by atoms with Gasteiger partial charge in [0.05, 0.1) is 49.2 Å². The molecule has 5 heterocycles. The van der Waals surface area contributed by atoms with Crippen LogP contribution in [0.2, 0.25) is 0 Å². The molecule has 1 unspecified atom stereocenters. The van der Waals surface area contributed by atoms with Gasteiger partial charge in [-0.3, -0.25) is 9.59 Å². The van der Waals surface area contributed by atoms with Crippen molar-refractivity contribution < 1.29 is 42.2 Å². The molecule has 1 saturated carbocycles. The predicted octanol–water partition coefficient (Wildman–Crippen LogP) is 8.70. The van der Waals surface area contributed by atoms with E-state index in [1.807, 2.05) is 35.2 Å². The van der Waals surface area contributed by atoms with Crippen molar-refractivity contribution in [1.29, 1.82) is 0 Å². The average molecular weight is 939 g/mol. The summed E-state index contributed by atoms with van der Waals surface area (Å²) in [5.41, 5.74) is 5.15. The lowest BCUT2D eigenvalue weighted by atomic mass is 9.89. The average Bonchev–Trinajstić information content (AvgIpc) is 4.26. The molecule has 0 spiro atoms. The fourth-order valence-corrected chi connectivity index (χ4v) is 11.6. The summed E-state index contributed by atoms with van der Waals surface area (Å²) in [6.45, 7) is 1.49. The van der Waals surface area contributed by atoms with Gasteiger partial charge >= 0.3 is 12.2 Å². The van der Waals surface area contributed by atoms with Crippen LogP contribution in [0.4, 0.5) is 18.4 Å². The van der Waals surface area contributed by atoms with Crippen molar-refractivity contribution in [2.75, 3.05) is 34.0 Å². The van der Waals surface area contributed by atoms with Gasteiger partial charge in [-0.05, 0) is 109 Å². The number of carbonyl (C=O) groups is 4. The van der Waals surface area contributed by atoms with Crippen LogP contribution in [-0.2, 0) is 29.7 Å². The molecule has 4 N–H and O–H groups in total. The first-order valence-electron chi connectivity index (χ1n) is 23.7. The summed E-state index contributed by atoms with van der Waals surface area (Å²) in [6, 6.07) is 22.4. The van der Waals surface area contributed by atoms with Crippen LogP contribution in [0, 0.1) is 11.8 Å². The predicted molar refractivity (Wildman–Crippen MR) is 250 cm³/mol. The minimum absolute atomic E-state index is 0.0289. The number of rotatable bonds is 10. The maximum Gasteiger partial charge on any atom is 0.407 e. The molecule has 17 heteroatoms. The number of carbonyl (C=O) groups excluding carboxylic acids is 4. The molecule has 2 bridgehead atoms. The zero-order valence-electron chi connectivity index (χ0n) is 38.2. The molecule has 0 radical (unpaired) electrons. The van der Waals surface area contributed by atoms with Crippen molar-refractivity contribution in [2.24, 2.45) is 11.8 Å². The molecule has 11 rings (SSSR count). The first-order chi connectivity index (χ1) is 33.5. The van der Waals surface area contributed by atoms with Crippen LogP contribution >= 0.6 is 0 Å². The monoisotopic (exact) mass is 938 g/mol. The van der Waals surface area contributed by atoms with Gasteiger partial charge in [-0.15, -0.1) is 0 Å². The third-order valence-electron chi connectivity index (χ3n) is 15.0. The Labute approximate surface area is 396 Å². The molecular formula is C52H52F2N8O7. The van der Waals surface area contributed by atoms with Crippen LogP contribution in [0.25, 0.3) is 44.5 Å². The van der Waals surface area contributed by atoms with Crippen LogP contribution in [0.3, 0.4) is 0 Å². The van der Waals surface area contributed by atoms with E-state index in [1.54, 1.807) is 59.6 Å². The lowest BCUT2D eigenvalue weighted by Gasteiger charge is -2.39. The number of alkyl carbamates (subject to hydrolysis) is 2. The van der Waals surface area contributed by atoms with Crippen LogP contribution in [0.5, 0.6) is 0 Å². The first-order valence-corrected chi connectivity index (χ1v) is 23.7. The fourth-order valence-electron chi connectivity index (χ4n) is 11.6. The number of imidazole rings is 2. The Morgan fingerprint density at radius 3 is 2.23 bits per heavy atom. The minimum atomic E-state index is -3.30. The summed E-state index contributed by atoms with van der Waals surface area (Å²) < 4.78 is 48.8. The number of aromatic amines is 2. The number of ether oxygens (including phenoxy) is 3. The summed E-state index contributed by atoms with van der Waals surface area (Å²) in [5.74, 6) is -2.44. The summed E-state index contributed by atoms with van der Waals surface area (Å²) in [6.07, 6.45) is 5.57. The van der Waals surface area contributed by atoms with Gasteiger partial charge in [0.1, 0.15) is 23.7 Å². The number of fused-ring (bicyclic) bond motifs is 6. The zero-order valence-corrected chi connectivity index (χ0v) is 38.2. The van der Waals surface area contributed by atoms with E-state index in [9.17, 15) is 19.2 Å². The van der Waals surface area contributed by atoms with Crippen LogP contribution in [0.1, 0.15) is 91.4 Å². The van der Waals surface area contributed by atoms with E-state index < -0.39 is 36.2 Å². The Bertz CT molecular complexity index is 2970. The van der Waals surface area contributed by atoms with Crippen molar-refractivity contribution in [3.63, 3.8) is 0 Å². The number of methoxy groups -OCH3 is 2. The quantitative estimate of drug-likeness (QED) is 0.104. The second-order valence-electron chi connectivity index (χ2n) is 18.8. The highest BCUT2D eigenvalue weighted by Crippen LogP contribution is 2.53. The fraction of sp³-hybridized carbons (Fsp3) is 0.385. The van der Waals surface area contributed by atoms with Gasteiger partial charge < -0.3 is 44.6 Å². The molecule has 4 fully saturated rings. The van der Waals surface area contributed by atoms with Crippen molar-refractivity contribution in [1.82, 2.24) is 40.4 Å². The van der Waals surface area contributed by atoms with Gasteiger partial charge in [0, 0.05) is 42.5 Å². The largest absolute Gasteiger partial charge is 0.453 e. The maximum atomic E-state index is 16.7. The Morgan fingerprint density at radius 1 is 0.783 bits per heavy atom. The molecule has 69 heavy (non-hydrogen) atoms. The SMILES string of the molecule is COC(=O)NC(C(=O)N1[C@@H]2CC[C@H](C2)[C@H]1c1nc2ccc(-c3ccc4c(c3)C(F)(F)c3cc(-c5cnc([C@@H]6CCCN6C(=O)[C@H](NC(=O)OC)c6ccccc6)[nH]5)ccc3-4)cc2[nH]1)C1CCOCC1. The molecule has 6 atom stereocenters. The van der Waals surface area contributed by atoms with Crippen molar-refractivity contribution in [3.8, 4) is 33.5 Å². The normalized spacial score (nSPS) is 22.3. The molecule has 4 amide bonds. The standard InChI is InChI=1S/C52H52F2N8O7/c1-67-50(65)59-43(28-7-4-3-5-8-28)48(63)61-20-6-9-42(61)46-55-27-41(58-46)32-12-16-36-35-15-11-30(24-37(35)52(53,54)38(36)25-32)31-13-17-39-40(26-31)57-47(56-39)45-33-10-14-34(23-33)62(45)49(64)44(60-51(66)68-2)29-18-21-69-22-19-29/h3-5,7-8,11-13,15-17,24-27,29,33-34,42-45H,6,9-10,14,18-23H2,1-2H3,(H,55,58)(H,56,57)(H,59,65)(H,60,66)/t33-,34-,42+,43-,44?,45+/m1/s1. The van der Waals surface area contributed by atoms with Crippen LogP contribution in [-0.4, -0.2) is 99.8 Å². The van der Waals surface area contributed by atoms with Gasteiger partial charge in [0.25, 0.3) is 11.8 Å². The van der Waals surface area contributed by atoms with Gasteiger partial charge in [-0.1, -0.05) is 60.7 Å². The number of piperidine rings is 1. The van der Waals surface area contributed by atoms with E-state index in [1.165, 1.54) is 20.3 Å². The molecular weight excluding hydrogens is 887 g/mol. The third-order valence-corrected chi connectivity index (χ3v) is 15.0. The molecule has 5 aliphatic rings. The highest BCUT2D eigenvalue weighted by molar-refractivity contribution is 5.90. The van der Waals surface area contributed by atoms with Gasteiger partial charge in [-0.2, -0.15) is 8.78 Å². The number of hydrogen-bond acceptors (Lipinski definition) is 9. The van der Waals surface area contributed by atoms with E-state index in [-0.39, 0.29) is 46.9 Å². The van der Waals surface area contributed by atoms with Crippen molar-refractivity contribution in [3.05, 3.63) is 119 Å². The van der Waals surface area contributed by atoms with E-state index in [4.69, 9.17) is 19.2 Å². The van der Waals surface area contributed by atoms with E-state index in [0.29, 0.717) is 96.1 Å². The minimum Gasteiger partial charge on any atom is -0.453 e. The first kappa shape index (κ1) is 44.4. The Morgan fingerprint density at radius 2 is 1.48 bits per heavy atom. The summed E-state index contributed by atoms with van der Waals surface area (Å²) >= 11 is 0. The Balaban J connectivity index is 0.830. The second kappa shape index (κ2) is 17.7. The molecule has 2 aliphatic carbocycles. The van der Waals surface area contributed by atoms with E-state index in [2.05, 4.69) is 25.6 Å². The molecule has 4 aromatic carbocycles. The van der Waals surface area contributed by atoms with Gasteiger partial charge in [0.2, 0.25) is 5.91 Å². The number of hydrogen-bond donors (Lipinski definition) is 4. The number of alkyl halides is 2.